The summed E-state index contributed by atoms with van der Waals surface area (Å²) in [5, 5.41) is 8.17. The minimum absolute atomic E-state index is 0.0794. The van der Waals surface area contributed by atoms with Gasteiger partial charge in [0.2, 0.25) is 0 Å². The van der Waals surface area contributed by atoms with Gasteiger partial charge in [-0.25, -0.2) is 0 Å². The Morgan fingerprint density at radius 3 is 3.08 bits per heavy atom. The van der Waals surface area contributed by atoms with Crippen molar-refractivity contribution in [3.05, 3.63) is 6.20 Å². The number of aromatic nitrogens is 2. The minimum Gasteiger partial charge on any atom is -0.373 e. The molecular formula is C8H13N3OS. The first-order valence-electron chi connectivity index (χ1n) is 4.36. The van der Waals surface area contributed by atoms with E-state index in [0.717, 1.165) is 18.0 Å². The molecule has 0 spiro atoms. The standard InChI is InChI=1S/C8H13N3OS/c1-8(2)6(3-4-12-8)10-7-5-9-11-13-7/h5-6,10H,3-4H2,1-2H3. The van der Waals surface area contributed by atoms with E-state index < -0.39 is 0 Å². The van der Waals surface area contributed by atoms with E-state index in [2.05, 4.69) is 28.8 Å². The van der Waals surface area contributed by atoms with Crippen LogP contribution in [-0.4, -0.2) is 27.8 Å². The molecule has 1 saturated heterocycles. The zero-order valence-electron chi connectivity index (χ0n) is 7.78. The zero-order valence-corrected chi connectivity index (χ0v) is 8.60. The molecule has 1 N–H and O–H groups in total. The molecule has 1 aromatic rings. The molecule has 0 saturated carbocycles. The predicted molar refractivity (Wildman–Crippen MR) is 52.0 cm³/mol. The summed E-state index contributed by atoms with van der Waals surface area (Å²) in [5.74, 6) is 0. The van der Waals surface area contributed by atoms with Gasteiger partial charge >= 0.3 is 0 Å². The average Bonchev–Trinajstić information content (AvgIpc) is 2.63. The molecule has 0 amide bonds. The molecule has 0 aromatic carbocycles. The van der Waals surface area contributed by atoms with Crippen LogP contribution < -0.4 is 5.32 Å². The molecule has 1 aliphatic rings. The van der Waals surface area contributed by atoms with Crippen molar-refractivity contribution in [2.24, 2.45) is 0 Å². The maximum Gasteiger partial charge on any atom is 0.130 e. The topological polar surface area (TPSA) is 47.0 Å². The van der Waals surface area contributed by atoms with Crippen LogP contribution in [0.2, 0.25) is 0 Å². The van der Waals surface area contributed by atoms with Gasteiger partial charge < -0.3 is 10.1 Å². The summed E-state index contributed by atoms with van der Waals surface area (Å²) in [7, 11) is 0. The van der Waals surface area contributed by atoms with Gasteiger partial charge in [0.1, 0.15) is 5.00 Å². The molecule has 2 rings (SSSR count). The van der Waals surface area contributed by atoms with E-state index in [4.69, 9.17) is 4.74 Å². The third kappa shape index (κ3) is 1.81. The summed E-state index contributed by atoms with van der Waals surface area (Å²) in [5.41, 5.74) is -0.0794. The number of nitrogens with one attached hydrogen (secondary N) is 1. The molecule has 1 aromatic heterocycles. The molecular weight excluding hydrogens is 186 g/mol. The van der Waals surface area contributed by atoms with Crippen molar-refractivity contribution in [3.8, 4) is 0 Å². The monoisotopic (exact) mass is 199 g/mol. The summed E-state index contributed by atoms with van der Waals surface area (Å²) >= 11 is 1.38. The van der Waals surface area contributed by atoms with E-state index in [-0.39, 0.29) is 5.60 Å². The maximum atomic E-state index is 5.60. The highest BCUT2D eigenvalue weighted by atomic mass is 32.1. The summed E-state index contributed by atoms with van der Waals surface area (Å²) in [6, 6.07) is 0.370. The van der Waals surface area contributed by atoms with Crippen LogP contribution in [0.4, 0.5) is 5.00 Å². The third-order valence-corrected chi connectivity index (χ3v) is 2.99. The minimum atomic E-state index is -0.0794. The average molecular weight is 199 g/mol. The molecule has 5 heteroatoms. The highest BCUT2D eigenvalue weighted by molar-refractivity contribution is 7.09. The fourth-order valence-corrected chi connectivity index (χ4v) is 2.01. The van der Waals surface area contributed by atoms with Crippen LogP contribution in [0.5, 0.6) is 0 Å². The Bertz CT molecular complexity index is 273. The van der Waals surface area contributed by atoms with Crippen LogP contribution in [0.25, 0.3) is 0 Å². The molecule has 1 unspecified atom stereocenters. The van der Waals surface area contributed by atoms with Crippen molar-refractivity contribution in [1.29, 1.82) is 0 Å². The van der Waals surface area contributed by atoms with Crippen LogP contribution >= 0.6 is 11.5 Å². The molecule has 4 nitrogen and oxygen atoms in total. The smallest absolute Gasteiger partial charge is 0.130 e. The van der Waals surface area contributed by atoms with Crippen LogP contribution in [0.3, 0.4) is 0 Å². The number of hydrogen-bond acceptors (Lipinski definition) is 5. The normalized spacial score (nSPS) is 26.2. The van der Waals surface area contributed by atoms with Crippen molar-refractivity contribution in [3.63, 3.8) is 0 Å². The molecule has 13 heavy (non-hydrogen) atoms. The highest BCUT2D eigenvalue weighted by Gasteiger charge is 2.35. The number of ether oxygens (including phenoxy) is 1. The van der Waals surface area contributed by atoms with Crippen molar-refractivity contribution < 1.29 is 4.74 Å². The summed E-state index contributed by atoms with van der Waals surface area (Å²) in [6.07, 6.45) is 2.80. The number of rotatable bonds is 2. The lowest BCUT2D eigenvalue weighted by molar-refractivity contribution is 0.0315. The van der Waals surface area contributed by atoms with Gasteiger partial charge in [-0.2, -0.15) is 0 Å². The predicted octanol–water partition coefficient (Wildman–Crippen LogP) is 1.52. The van der Waals surface area contributed by atoms with Crippen molar-refractivity contribution >= 4 is 16.5 Å². The van der Waals surface area contributed by atoms with Gasteiger partial charge in [0.15, 0.2) is 0 Å². The molecule has 1 aliphatic heterocycles. The fourth-order valence-electron chi connectivity index (χ4n) is 1.54. The van der Waals surface area contributed by atoms with Crippen LogP contribution in [0.1, 0.15) is 20.3 Å². The quantitative estimate of drug-likeness (QED) is 0.784. The van der Waals surface area contributed by atoms with E-state index in [0.29, 0.717) is 6.04 Å². The third-order valence-electron chi connectivity index (χ3n) is 2.40. The van der Waals surface area contributed by atoms with Crippen LogP contribution in [0, 0.1) is 0 Å². The van der Waals surface area contributed by atoms with Crippen molar-refractivity contribution in [2.75, 3.05) is 11.9 Å². The molecule has 0 radical (unpaired) electrons. The van der Waals surface area contributed by atoms with E-state index >= 15 is 0 Å². The highest BCUT2D eigenvalue weighted by Crippen LogP contribution is 2.28. The maximum absolute atomic E-state index is 5.60. The first kappa shape index (κ1) is 8.90. The second kappa shape index (κ2) is 3.23. The largest absolute Gasteiger partial charge is 0.373 e. The second-order valence-corrected chi connectivity index (χ2v) is 4.50. The van der Waals surface area contributed by atoms with Gasteiger partial charge in [0.05, 0.1) is 17.8 Å². The Labute approximate surface area is 81.5 Å². The van der Waals surface area contributed by atoms with E-state index in [1.54, 1.807) is 6.20 Å². The first-order valence-corrected chi connectivity index (χ1v) is 5.14. The van der Waals surface area contributed by atoms with E-state index in [1.165, 1.54) is 11.5 Å². The van der Waals surface area contributed by atoms with E-state index in [9.17, 15) is 0 Å². The Hall–Kier alpha value is -0.680. The van der Waals surface area contributed by atoms with Crippen molar-refractivity contribution in [1.82, 2.24) is 9.59 Å². The molecule has 72 valence electrons. The van der Waals surface area contributed by atoms with Gasteiger partial charge in [-0.15, -0.1) is 5.10 Å². The number of anilines is 1. The second-order valence-electron chi connectivity index (χ2n) is 3.72. The Balaban J connectivity index is 2.02. The molecule has 2 heterocycles. The van der Waals surface area contributed by atoms with Gasteiger partial charge in [-0.1, -0.05) is 4.49 Å². The summed E-state index contributed by atoms with van der Waals surface area (Å²) < 4.78 is 9.40. The van der Waals surface area contributed by atoms with Crippen LogP contribution in [-0.2, 0) is 4.74 Å². The van der Waals surface area contributed by atoms with E-state index in [1.807, 2.05) is 0 Å². The van der Waals surface area contributed by atoms with Gasteiger partial charge in [0.25, 0.3) is 0 Å². The Morgan fingerprint density at radius 1 is 1.69 bits per heavy atom. The lowest BCUT2D eigenvalue weighted by atomic mass is 9.99. The van der Waals surface area contributed by atoms with Gasteiger partial charge in [0, 0.05) is 18.1 Å². The summed E-state index contributed by atoms with van der Waals surface area (Å²) in [6.45, 7) is 5.04. The van der Waals surface area contributed by atoms with Gasteiger partial charge in [-0.3, -0.25) is 0 Å². The number of nitrogens with zero attached hydrogens (tertiary/aromatic N) is 2. The molecule has 1 fully saturated rings. The fraction of sp³-hybridized carbons (Fsp3) is 0.750. The lowest BCUT2D eigenvalue weighted by Crippen LogP contribution is -2.37. The van der Waals surface area contributed by atoms with Gasteiger partial charge in [-0.05, 0) is 20.3 Å². The molecule has 0 bridgehead atoms. The Morgan fingerprint density at radius 2 is 2.54 bits per heavy atom. The zero-order chi connectivity index (χ0) is 9.31. The lowest BCUT2D eigenvalue weighted by Gasteiger charge is -2.26. The van der Waals surface area contributed by atoms with Crippen LogP contribution in [0.15, 0.2) is 6.20 Å². The Kier molecular flexibility index (Phi) is 2.21. The number of hydrogen-bond donors (Lipinski definition) is 1. The molecule has 0 aliphatic carbocycles. The van der Waals surface area contributed by atoms with Crippen molar-refractivity contribution in [2.45, 2.75) is 31.9 Å². The first-order chi connectivity index (χ1) is 6.18. The summed E-state index contributed by atoms with van der Waals surface area (Å²) in [4.78, 5) is 0. The SMILES string of the molecule is CC1(C)OCCC1Nc1cnns1. The molecule has 1 atom stereocenters.